The molecule has 0 aromatic heterocycles. The van der Waals surface area contributed by atoms with Crippen molar-refractivity contribution >= 4 is 0 Å². The molecule has 1 rings (SSSR count). The van der Waals surface area contributed by atoms with Crippen LogP contribution in [-0.4, -0.2) is 17.3 Å². The second-order valence-corrected chi connectivity index (χ2v) is 6.56. The summed E-state index contributed by atoms with van der Waals surface area (Å²) < 4.78 is 0. The van der Waals surface area contributed by atoms with Crippen LogP contribution in [0.3, 0.4) is 0 Å². The molecule has 0 saturated carbocycles. The van der Waals surface area contributed by atoms with E-state index in [0.717, 1.165) is 6.42 Å². The van der Waals surface area contributed by atoms with Gasteiger partial charge in [-0.1, -0.05) is 37.6 Å². The lowest BCUT2D eigenvalue weighted by Crippen LogP contribution is -2.40. The molecule has 0 heterocycles. The molecule has 1 aromatic rings. The Labute approximate surface area is 118 Å². The van der Waals surface area contributed by atoms with E-state index in [1.54, 1.807) is 0 Å². The maximum Gasteiger partial charge on any atom is 0.0746 e. The molecule has 2 nitrogen and oxygen atoms in total. The van der Waals surface area contributed by atoms with E-state index in [1.807, 2.05) is 6.92 Å². The highest BCUT2D eigenvalue weighted by atomic mass is 16.3. The zero-order valence-corrected chi connectivity index (χ0v) is 13.2. The molecule has 0 saturated heterocycles. The minimum absolute atomic E-state index is 0.263. The van der Waals surface area contributed by atoms with E-state index in [4.69, 9.17) is 0 Å². The third-order valence-corrected chi connectivity index (χ3v) is 3.54. The Bertz CT molecular complexity index is 410. The summed E-state index contributed by atoms with van der Waals surface area (Å²) in [5.74, 6) is 0.507. The summed E-state index contributed by atoms with van der Waals surface area (Å²) in [4.78, 5) is 0. The maximum absolute atomic E-state index is 10.3. The molecule has 0 aliphatic heterocycles. The van der Waals surface area contributed by atoms with Gasteiger partial charge in [0.15, 0.2) is 0 Å². The summed E-state index contributed by atoms with van der Waals surface area (Å²) in [7, 11) is 0. The predicted octanol–water partition coefficient (Wildman–Crippen LogP) is 3.75. The first-order chi connectivity index (χ1) is 8.71. The van der Waals surface area contributed by atoms with E-state index in [1.165, 1.54) is 16.7 Å². The standard InChI is InChI=1S/C17H29NO/c1-12(2)10-17(6,19)11-18-15(5)16-9-13(3)7-8-14(16)4/h7-9,12,15,18-19H,10-11H2,1-6H3. The van der Waals surface area contributed by atoms with Crippen LogP contribution in [0.25, 0.3) is 0 Å². The normalized spacial score (nSPS) is 16.4. The quantitative estimate of drug-likeness (QED) is 0.819. The summed E-state index contributed by atoms with van der Waals surface area (Å²) in [6.45, 7) is 13.2. The molecule has 0 bridgehead atoms. The van der Waals surface area contributed by atoms with Gasteiger partial charge in [-0.05, 0) is 51.2 Å². The summed E-state index contributed by atoms with van der Waals surface area (Å²) in [5.41, 5.74) is 3.26. The lowest BCUT2D eigenvalue weighted by atomic mass is 9.93. The Hall–Kier alpha value is -0.860. The minimum atomic E-state index is -0.639. The average Bonchev–Trinajstić information content (AvgIpc) is 2.27. The van der Waals surface area contributed by atoms with Gasteiger partial charge in [-0.3, -0.25) is 0 Å². The zero-order valence-electron chi connectivity index (χ0n) is 13.2. The number of aliphatic hydroxyl groups is 1. The van der Waals surface area contributed by atoms with E-state index in [9.17, 15) is 5.11 Å². The van der Waals surface area contributed by atoms with Gasteiger partial charge in [0.1, 0.15) is 0 Å². The van der Waals surface area contributed by atoms with Crippen LogP contribution in [0.15, 0.2) is 18.2 Å². The van der Waals surface area contributed by atoms with Crippen molar-refractivity contribution in [2.45, 2.75) is 59.6 Å². The SMILES string of the molecule is Cc1ccc(C)c(C(C)NCC(C)(O)CC(C)C)c1. The molecule has 2 heteroatoms. The first kappa shape index (κ1) is 16.2. The monoisotopic (exact) mass is 263 g/mol. The number of aryl methyl sites for hydroxylation is 2. The average molecular weight is 263 g/mol. The van der Waals surface area contributed by atoms with Crippen LogP contribution >= 0.6 is 0 Å². The van der Waals surface area contributed by atoms with Gasteiger partial charge in [0.2, 0.25) is 0 Å². The van der Waals surface area contributed by atoms with Crippen LogP contribution in [0.1, 0.15) is 56.8 Å². The Morgan fingerprint density at radius 3 is 2.42 bits per heavy atom. The molecule has 2 N–H and O–H groups in total. The second kappa shape index (κ2) is 6.53. The fourth-order valence-electron chi connectivity index (χ4n) is 2.66. The minimum Gasteiger partial charge on any atom is -0.389 e. The van der Waals surface area contributed by atoms with Crippen molar-refractivity contribution in [2.24, 2.45) is 5.92 Å². The van der Waals surface area contributed by atoms with Crippen molar-refractivity contribution in [3.05, 3.63) is 34.9 Å². The first-order valence-corrected chi connectivity index (χ1v) is 7.24. The topological polar surface area (TPSA) is 32.3 Å². The fourth-order valence-corrected chi connectivity index (χ4v) is 2.66. The van der Waals surface area contributed by atoms with Crippen LogP contribution in [0.4, 0.5) is 0 Å². The molecule has 108 valence electrons. The van der Waals surface area contributed by atoms with Gasteiger partial charge in [-0.25, -0.2) is 0 Å². The van der Waals surface area contributed by atoms with Gasteiger partial charge < -0.3 is 10.4 Å². The van der Waals surface area contributed by atoms with Gasteiger partial charge >= 0.3 is 0 Å². The van der Waals surface area contributed by atoms with Gasteiger partial charge in [-0.2, -0.15) is 0 Å². The van der Waals surface area contributed by atoms with Crippen molar-refractivity contribution in [1.82, 2.24) is 5.32 Å². The van der Waals surface area contributed by atoms with Crippen LogP contribution in [-0.2, 0) is 0 Å². The van der Waals surface area contributed by atoms with Gasteiger partial charge in [-0.15, -0.1) is 0 Å². The van der Waals surface area contributed by atoms with E-state index >= 15 is 0 Å². The van der Waals surface area contributed by atoms with Crippen LogP contribution in [0.2, 0.25) is 0 Å². The molecular formula is C17H29NO. The highest BCUT2D eigenvalue weighted by Crippen LogP contribution is 2.21. The molecule has 0 radical (unpaired) electrons. The molecule has 1 aromatic carbocycles. The smallest absolute Gasteiger partial charge is 0.0746 e. The fraction of sp³-hybridized carbons (Fsp3) is 0.647. The molecule has 0 aliphatic carbocycles. The number of hydrogen-bond acceptors (Lipinski definition) is 2. The van der Waals surface area contributed by atoms with Crippen LogP contribution < -0.4 is 5.32 Å². The number of nitrogens with one attached hydrogen (secondary N) is 1. The second-order valence-electron chi connectivity index (χ2n) is 6.56. The van der Waals surface area contributed by atoms with Gasteiger partial charge in [0.25, 0.3) is 0 Å². The molecule has 0 amide bonds. The lowest BCUT2D eigenvalue weighted by Gasteiger charge is -2.28. The Balaban J connectivity index is 2.65. The van der Waals surface area contributed by atoms with E-state index in [0.29, 0.717) is 12.5 Å². The van der Waals surface area contributed by atoms with Crippen molar-refractivity contribution in [3.63, 3.8) is 0 Å². The number of hydrogen-bond donors (Lipinski definition) is 2. The van der Waals surface area contributed by atoms with Crippen molar-refractivity contribution in [3.8, 4) is 0 Å². The summed E-state index contributed by atoms with van der Waals surface area (Å²) in [6, 6.07) is 6.79. The molecule has 0 spiro atoms. The third kappa shape index (κ3) is 5.33. The predicted molar refractivity (Wildman–Crippen MR) is 82.4 cm³/mol. The highest BCUT2D eigenvalue weighted by molar-refractivity contribution is 5.32. The van der Waals surface area contributed by atoms with E-state index < -0.39 is 5.60 Å². The third-order valence-electron chi connectivity index (χ3n) is 3.54. The van der Waals surface area contributed by atoms with E-state index in [-0.39, 0.29) is 6.04 Å². The van der Waals surface area contributed by atoms with E-state index in [2.05, 4.69) is 58.1 Å². The summed E-state index contributed by atoms with van der Waals surface area (Å²) in [6.07, 6.45) is 0.819. The zero-order chi connectivity index (χ0) is 14.6. The number of benzene rings is 1. The van der Waals surface area contributed by atoms with Crippen molar-refractivity contribution in [1.29, 1.82) is 0 Å². The summed E-state index contributed by atoms with van der Waals surface area (Å²) >= 11 is 0. The molecule has 2 atom stereocenters. The van der Waals surface area contributed by atoms with Crippen LogP contribution in [0.5, 0.6) is 0 Å². The highest BCUT2D eigenvalue weighted by Gasteiger charge is 2.22. The molecule has 0 fully saturated rings. The molecule has 0 aliphatic rings. The van der Waals surface area contributed by atoms with Crippen LogP contribution in [0, 0.1) is 19.8 Å². The Kier molecular flexibility index (Phi) is 5.57. The number of rotatable bonds is 6. The molecular weight excluding hydrogens is 234 g/mol. The Morgan fingerprint density at radius 1 is 1.21 bits per heavy atom. The largest absolute Gasteiger partial charge is 0.389 e. The van der Waals surface area contributed by atoms with Gasteiger partial charge in [0.05, 0.1) is 5.60 Å². The first-order valence-electron chi connectivity index (χ1n) is 7.24. The summed E-state index contributed by atoms with van der Waals surface area (Å²) in [5, 5.41) is 13.8. The maximum atomic E-state index is 10.3. The molecule has 2 unspecified atom stereocenters. The molecule has 19 heavy (non-hydrogen) atoms. The lowest BCUT2D eigenvalue weighted by molar-refractivity contribution is 0.0363. The Morgan fingerprint density at radius 2 is 1.84 bits per heavy atom. The van der Waals surface area contributed by atoms with Gasteiger partial charge in [0, 0.05) is 12.6 Å². The van der Waals surface area contributed by atoms with Crippen molar-refractivity contribution < 1.29 is 5.11 Å². The van der Waals surface area contributed by atoms with Crippen molar-refractivity contribution in [2.75, 3.05) is 6.54 Å².